The van der Waals surface area contributed by atoms with E-state index in [9.17, 15) is 0 Å². The van der Waals surface area contributed by atoms with E-state index in [0.29, 0.717) is 11.3 Å². The molecule has 114 valence electrons. The maximum absolute atomic E-state index is 6.03. The number of thioether (sulfide) groups is 1. The van der Waals surface area contributed by atoms with Gasteiger partial charge in [-0.05, 0) is 12.0 Å². The number of fused-ring (bicyclic) bond motifs is 1. The first-order chi connectivity index (χ1) is 10.8. The Morgan fingerprint density at radius 2 is 2.00 bits per heavy atom. The number of nitrogens with two attached hydrogens (primary N) is 1. The maximum Gasteiger partial charge on any atom is 0.191 e. The first kappa shape index (κ1) is 14.8. The van der Waals surface area contributed by atoms with E-state index in [4.69, 9.17) is 5.73 Å². The number of anilines is 1. The highest BCUT2D eigenvalue weighted by atomic mass is 32.2. The van der Waals surface area contributed by atoms with Crippen LogP contribution in [0.25, 0.3) is 11.2 Å². The molecule has 22 heavy (non-hydrogen) atoms. The number of benzene rings is 1. The normalized spacial score (nSPS) is 11.1. The highest BCUT2D eigenvalue weighted by Crippen LogP contribution is 2.22. The fourth-order valence-electron chi connectivity index (χ4n) is 2.21. The van der Waals surface area contributed by atoms with Crippen LogP contribution in [0.5, 0.6) is 0 Å². The van der Waals surface area contributed by atoms with Crippen LogP contribution in [0.15, 0.2) is 41.8 Å². The van der Waals surface area contributed by atoms with E-state index in [2.05, 4.69) is 34.0 Å². The minimum Gasteiger partial charge on any atom is -0.382 e. The van der Waals surface area contributed by atoms with Crippen molar-refractivity contribution in [2.45, 2.75) is 31.5 Å². The predicted molar refractivity (Wildman–Crippen MR) is 90.9 cm³/mol. The smallest absolute Gasteiger partial charge is 0.191 e. The molecule has 0 amide bonds. The fourth-order valence-corrected chi connectivity index (χ4v) is 3.14. The van der Waals surface area contributed by atoms with Crippen molar-refractivity contribution in [1.82, 2.24) is 19.5 Å². The summed E-state index contributed by atoms with van der Waals surface area (Å²) in [5.41, 5.74) is 8.71. The summed E-state index contributed by atoms with van der Waals surface area (Å²) in [6.45, 7) is 2.90. The molecule has 0 radical (unpaired) electrons. The van der Waals surface area contributed by atoms with Crippen LogP contribution >= 0.6 is 11.8 Å². The van der Waals surface area contributed by atoms with Gasteiger partial charge in [-0.1, -0.05) is 55.4 Å². The number of rotatable bonds is 6. The first-order valence-electron chi connectivity index (χ1n) is 7.43. The quantitative estimate of drug-likeness (QED) is 0.429. The summed E-state index contributed by atoms with van der Waals surface area (Å²) in [5, 5.41) is 0.730. The van der Waals surface area contributed by atoms with E-state index in [0.717, 1.165) is 35.9 Å². The minimum atomic E-state index is 0.454. The SMILES string of the molecule is CCCCSc1nc(N)c2ncn(Cc3ccccc3)c2n1. The molecule has 0 saturated carbocycles. The molecule has 2 N–H and O–H groups in total. The molecule has 0 unspecified atom stereocenters. The van der Waals surface area contributed by atoms with E-state index >= 15 is 0 Å². The van der Waals surface area contributed by atoms with Crippen LogP contribution in [-0.4, -0.2) is 25.3 Å². The molecule has 0 aliphatic carbocycles. The van der Waals surface area contributed by atoms with Gasteiger partial charge in [0, 0.05) is 5.75 Å². The molecular formula is C16H19N5S. The van der Waals surface area contributed by atoms with Crippen molar-refractivity contribution >= 4 is 28.7 Å². The lowest BCUT2D eigenvalue weighted by Gasteiger charge is -2.06. The Morgan fingerprint density at radius 3 is 2.77 bits per heavy atom. The molecule has 5 nitrogen and oxygen atoms in total. The fraction of sp³-hybridized carbons (Fsp3) is 0.312. The van der Waals surface area contributed by atoms with E-state index in [1.54, 1.807) is 18.1 Å². The minimum absolute atomic E-state index is 0.454. The molecular weight excluding hydrogens is 294 g/mol. The molecule has 0 bridgehead atoms. The lowest BCUT2D eigenvalue weighted by molar-refractivity contribution is 0.804. The molecule has 0 aliphatic rings. The molecule has 0 saturated heterocycles. The van der Waals surface area contributed by atoms with Crippen LogP contribution in [0, 0.1) is 0 Å². The third-order valence-electron chi connectivity index (χ3n) is 3.40. The van der Waals surface area contributed by atoms with Crippen molar-refractivity contribution in [1.29, 1.82) is 0 Å². The van der Waals surface area contributed by atoms with Gasteiger partial charge >= 0.3 is 0 Å². The second kappa shape index (κ2) is 6.79. The lowest BCUT2D eigenvalue weighted by atomic mass is 10.2. The maximum atomic E-state index is 6.03. The van der Waals surface area contributed by atoms with Crippen LogP contribution in [0.3, 0.4) is 0 Å². The Kier molecular flexibility index (Phi) is 4.58. The van der Waals surface area contributed by atoms with Crippen molar-refractivity contribution in [3.05, 3.63) is 42.2 Å². The Morgan fingerprint density at radius 1 is 1.18 bits per heavy atom. The number of nitrogen functional groups attached to an aromatic ring is 1. The largest absolute Gasteiger partial charge is 0.382 e. The Balaban J connectivity index is 1.90. The summed E-state index contributed by atoms with van der Waals surface area (Å²) in [6.07, 6.45) is 4.09. The summed E-state index contributed by atoms with van der Waals surface area (Å²) in [6, 6.07) is 10.3. The van der Waals surface area contributed by atoms with Crippen LogP contribution < -0.4 is 5.73 Å². The van der Waals surface area contributed by atoms with Gasteiger partial charge in [0.2, 0.25) is 0 Å². The van der Waals surface area contributed by atoms with Crippen molar-refractivity contribution in [2.75, 3.05) is 11.5 Å². The average Bonchev–Trinajstić information content (AvgIpc) is 2.92. The van der Waals surface area contributed by atoms with Gasteiger partial charge in [0.1, 0.15) is 5.52 Å². The molecule has 1 aromatic carbocycles. The summed E-state index contributed by atoms with van der Waals surface area (Å²) in [4.78, 5) is 13.3. The second-order valence-corrected chi connectivity index (χ2v) is 6.19. The monoisotopic (exact) mass is 313 g/mol. The average molecular weight is 313 g/mol. The van der Waals surface area contributed by atoms with Crippen molar-refractivity contribution in [3.8, 4) is 0 Å². The van der Waals surface area contributed by atoms with Gasteiger partial charge in [0.25, 0.3) is 0 Å². The van der Waals surface area contributed by atoms with E-state index in [1.165, 1.54) is 5.56 Å². The zero-order valence-electron chi connectivity index (χ0n) is 12.6. The van der Waals surface area contributed by atoms with Gasteiger partial charge in [-0.25, -0.2) is 15.0 Å². The Bertz CT molecular complexity index is 754. The predicted octanol–water partition coefficient (Wildman–Crippen LogP) is 3.35. The van der Waals surface area contributed by atoms with Crippen LogP contribution in [0.2, 0.25) is 0 Å². The van der Waals surface area contributed by atoms with Gasteiger partial charge < -0.3 is 10.3 Å². The molecule has 0 fully saturated rings. The highest BCUT2D eigenvalue weighted by Gasteiger charge is 2.11. The molecule has 6 heteroatoms. The van der Waals surface area contributed by atoms with Gasteiger partial charge in [0.15, 0.2) is 16.6 Å². The van der Waals surface area contributed by atoms with E-state index in [-0.39, 0.29) is 0 Å². The third kappa shape index (κ3) is 3.22. The zero-order valence-corrected chi connectivity index (χ0v) is 13.4. The molecule has 0 atom stereocenters. The molecule has 2 heterocycles. The van der Waals surface area contributed by atoms with Crippen LogP contribution in [0.1, 0.15) is 25.3 Å². The summed E-state index contributed by atoms with van der Waals surface area (Å²) < 4.78 is 2.02. The summed E-state index contributed by atoms with van der Waals surface area (Å²) in [7, 11) is 0. The van der Waals surface area contributed by atoms with E-state index < -0.39 is 0 Å². The topological polar surface area (TPSA) is 69.6 Å². The number of imidazole rings is 1. The Labute approximate surface area is 134 Å². The number of unbranched alkanes of at least 4 members (excludes halogenated alkanes) is 1. The molecule has 0 spiro atoms. The molecule has 3 aromatic rings. The van der Waals surface area contributed by atoms with Crippen molar-refractivity contribution < 1.29 is 0 Å². The standard InChI is InChI=1S/C16H19N5S/c1-2-3-9-22-16-19-14(17)13-15(20-16)21(11-18-13)10-12-7-5-4-6-8-12/h4-8,11H,2-3,9-10H2,1H3,(H2,17,19,20). The Hall–Kier alpha value is -2.08. The molecule has 3 rings (SSSR count). The number of hydrogen-bond donors (Lipinski definition) is 1. The highest BCUT2D eigenvalue weighted by molar-refractivity contribution is 7.99. The second-order valence-electron chi connectivity index (χ2n) is 5.12. The first-order valence-corrected chi connectivity index (χ1v) is 8.41. The number of aromatic nitrogens is 4. The van der Waals surface area contributed by atoms with Gasteiger partial charge in [-0.2, -0.15) is 0 Å². The van der Waals surface area contributed by atoms with Gasteiger partial charge in [-0.15, -0.1) is 0 Å². The number of nitrogens with zero attached hydrogens (tertiary/aromatic N) is 4. The van der Waals surface area contributed by atoms with Crippen LogP contribution in [0.4, 0.5) is 5.82 Å². The zero-order chi connectivity index (χ0) is 15.4. The lowest BCUT2D eigenvalue weighted by Crippen LogP contribution is -2.02. The molecule has 0 aliphatic heterocycles. The van der Waals surface area contributed by atoms with Crippen LogP contribution in [-0.2, 0) is 6.54 Å². The van der Waals surface area contributed by atoms with Gasteiger partial charge in [-0.3, -0.25) is 0 Å². The van der Waals surface area contributed by atoms with Crippen molar-refractivity contribution in [2.24, 2.45) is 0 Å². The molecule has 2 aromatic heterocycles. The number of hydrogen-bond acceptors (Lipinski definition) is 5. The van der Waals surface area contributed by atoms with Gasteiger partial charge in [0.05, 0.1) is 12.9 Å². The van der Waals surface area contributed by atoms with E-state index in [1.807, 2.05) is 22.8 Å². The third-order valence-corrected chi connectivity index (χ3v) is 4.33. The summed E-state index contributed by atoms with van der Waals surface area (Å²) in [5.74, 6) is 1.46. The van der Waals surface area contributed by atoms with Crippen molar-refractivity contribution in [3.63, 3.8) is 0 Å². The summed E-state index contributed by atoms with van der Waals surface area (Å²) >= 11 is 1.65.